The lowest BCUT2D eigenvalue weighted by atomic mass is 10.1. The molecule has 1 aliphatic heterocycles. The number of hydrogen-bond donors (Lipinski definition) is 1. The molecule has 0 amide bonds. The summed E-state index contributed by atoms with van der Waals surface area (Å²) in [6, 6.07) is 6.71. The Bertz CT molecular complexity index is 409. The van der Waals surface area contributed by atoms with Crippen LogP contribution in [0.1, 0.15) is 18.4 Å². The highest BCUT2D eigenvalue weighted by Crippen LogP contribution is 2.28. The van der Waals surface area contributed by atoms with E-state index in [2.05, 4.69) is 17.0 Å². The zero-order valence-electron chi connectivity index (χ0n) is 11.9. The first-order chi connectivity index (χ1) is 9.28. The summed E-state index contributed by atoms with van der Waals surface area (Å²) < 4.78 is 10.6. The number of ether oxygens (including phenoxy) is 2. The van der Waals surface area contributed by atoms with Crippen LogP contribution in [0, 0.1) is 0 Å². The van der Waals surface area contributed by atoms with E-state index in [-0.39, 0.29) is 0 Å². The van der Waals surface area contributed by atoms with Gasteiger partial charge in [-0.05, 0) is 43.5 Å². The van der Waals surface area contributed by atoms with Crippen molar-refractivity contribution in [2.24, 2.45) is 5.73 Å². The van der Waals surface area contributed by atoms with Gasteiger partial charge in [0.15, 0.2) is 11.5 Å². The van der Waals surface area contributed by atoms with Gasteiger partial charge in [0.1, 0.15) is 0 Å². The van der Waals surface area contributed by atoms with Crippen LogP contribution in [0.3, 0.4) is 0 Å². The van der Waals surface area contributed by atoms with Crippen LogP contribution in [-0.4, -0.2) is 44.8 Å². The van der Waals surface area contributed by atoms with Crippen LogP contribution in [0.4, 0.5) is 0 Å². The average molecular weight is 264 g/mol. The molecule has 4 nitrogen and oxygen atoms in total. The summed E-state index contributed by atoms with van der Waals surface area (Å²) in [5, 5.41) is 0. The maximum Gasteiger partial charge on any atom is 0.160 e. The maximum atomic E-state index is 5.80. The Balaban J connectivity index is 1.96. The summed E-state index contributed by atoms with van der Waals surface area (Å²) in [6.07, 6.45) is 3.53. The van der Waals surface area contributed by atoms with Crippen molar-refractivity contribution in [3.8, 4) is 11.5 Å². The van der Waals surface area contributed by atoms with Gasteiger partial charge in [0, 0.05) is 19.1 Å². The van der Waals surface area contributed by atoms with E-state index in [9.17, 15) is 0 Å². The van der Waals surface area contributed by atoms with E-state index in [4.69, 9.17) is 15.2 Å². The molecule has 2 N–H and O–H groups in total. The van der Waals surface area contributed by atoms with E-state index in [1.54, 1.807) is 14.2 Å². The molecule has 19 heavy (non-hydrogen) atoms. The van der Waals surface area contributed by atoms with Gasteiger partial charge in [-0.3, -0.25) is 4.90 Å². The molecule has 1 heterocycles. The van der Waals surface area contributed by atoms with E-state index in [1.165, 1.54) is 24.9 Å². The molecule has 1 aliphatic rings. The maximum absolute atomic E-state index is 5.80. The number of methoxy groups -OCH3 is 2. The molecule has 1 fully saturated rings. The molecule has 106 valence electrons. The van der Waals surface area contributed by atoms with Crippen LogP contribution in [0.2, 0.25) is 0 Å². The van der Waals surface area contributed by atoms with Crippen molar-refractivity contribution in [2.75, 3.05) is 33.9 Å². The summed E-state index contributed by atoms with van der Waals surface area (Å²) in [5.74, 6) is 1.59. The molecule has 1 atom stereocenters. The van der Waals surface area contributed by atoms with Gasteiger partial charge in [-0.1, -0.05) is 6.07 Å². The number of rotatable bonds is 6. The van der Waals surface area contributed by atoms with E-state index in [0.29, 0.717) is 6.04 Å². The third-order valence-corrected chi connectivity index (χ3v) is 3.91. The largest absolute Gasteiger partial charge is 0.493 e. The molecule has 0 radical (unpaired) electrons. The number of likely N-dealkylation sites (tertiary alicyclic amines) is 1. The Morgan fingerprint density at radius 2 is 2.05 bits per heavy atom. The van der Waals surface area contributed by atoms with Crippen molar-refractivity contribution >= 4 is 0 Å². The predicted molar refractivity (Wildman–Crippen MR) is 76.9 cm³/mol. The third kappa shape index (κ3) is 3.39. The van der Waals surface area contributed by atoms with Gasteiger partial charge >= 0.3 is 0 Å². The Labute approximate surface area is 115 Å². The van der Waals surface area contributed by atoms with Crippen LogP contribution in [-0.2, 0) is 6.42 Å². The molecule has 1 unspecified atom stereocenters. The lowest BCUT2D eigenvalue weighted by Crippen LogP contribution is -2.36. The molecule has 0 bridgehead atoms. The Morgan fingerprint density at radius 3 is 2.74 bits per heavy atom. The van der Waals surface area contributed by atoms with Crippen molar-refractivity contribution in [2.45, 2.75) is 25.3 Å². The minimum atomic E-state index is 0.570. The third-order valence-electron chi connectivity index (χ3n) is 3.91. The SMILES string of the molecule is COc1ccc(CCN2CCCC2CN)cc1OC. The van der Waals surface area contributed by atoms with Gasteiger partial charge in [-0.15, -0.1) is 0 Å². The lowest BCUT2D eigenvalue weighted by molar-refractivity contribution is 0.262. The quantitative estimate of drug-likeness (QED) is 0.849. The van der Waals surface area contributed by atoms with Gasteiger partial charge in [0.25, 0.3) is 0 Å². The second kappa shape index (κ2) is 6.78. The van der Waals surface area contributed by atoms with Crippen LogP contribution in [0.25, 0.3) is 0 Å². The number of nitrogens with two attached hydrogens (primary N) is 1. The van der Waals surface area contributed by atoms with E-state index >= 15 is 0 Å². The van der Waals surface area contributed by atoms with Crippen LogP contribution < -0.4 is 15.2 Å². The molecular weight excluding hydrogens is 240 g/mol. The minimum Gasteiger partial charge on any atom is -0.493 e. The highest BCUT2D eigenvalue weighted by molar-refractivity contribution is 5.42. The Kier molecular flexibility index (Phi) is 5.05. The second-order valence-corrected chi connectivity index (χ2v) is 5.01. The Morgan fingerprint density at radius 1 is 1.26 bits per heavy atom. The van der Waals surface area contributed by atoms with Crippen molar-refractivity contribution in [1.29, 1.82) is 0 Å². The van der Waals surface area contributed by atoms with Gasteiger partial charge in [-0.2, -0.15) is 0 Å². The molecule has 0 spiro atoms. The van der Waals surface area contributed by atoms with E-state index in [0.717, 1.165) is 31.0 Å². The fourth-order valence-electron chi connectivity index (χ4n) is 2.77. The average Bonchev–Trinajstić information content (AvgIpc) is 2.92. The molecular formula is C15H24N2O2. The zero-order chi connectivity index (χ0) is 13.7. The number of hydrogen-bond acceptors (Lipinski definition) is 4. The molecule has 0 aliphatic carbocycles. The summed E-state index contributed by atoms with van der Waals surface area (Å²) in [6.45, 7) is 3.01. The second-order valence-electron chi connectivity index (χ2n) is 5.01. The number of nitrogens with zero attached hydrogens (tertiary/aromatic N) is 1. The van der Waals surface area contributed by atoms with Gasteiger partial charge in [-0.25, -0.2) is 0 Å². The Hall–Kier alpha value is -1.26. The van der Waals surface area contributed by atoms with Crippen molar-refractivity contribution in [3.05, 3.63) is 23.8 Å². The molecule has 2 rings (SSSR count). The summed E-state index contributed by atoms with van der Waals surface area (Å²) in [5.41, 5.74) is 7.08. The molecule has 1 saturated heterocycles. The first-order valence-electron chi connectivity index (χ1n) is 6.93. The van der Waals surface area contributed by atoms with Crippen molar-refractivity contribution in [3.63, 3.8) is 0 Å². The molecule has 0 aromatic heterocycles. The number of benzene rings is 1. The topological polar surface area (TPSA) is 47.7 Å². The smallest absolute Gasteiger partial charge is 0.160 e. The first kappa shape index (κ1) is 14.2. The molecule has 1 aromatic carbocycles. The fraction of sp³-hybridized carbons (Fsp3) is 0.600. The van der Waals surface area contributed by atoms with Crippen LogP contribution in [0.5, 0.6) is 11.5 Å². The van der Waals surface area contributed by atoms with E-state index in [1.807, 2.05) is 6.07 Å². The summed E-state index contributed by atoms with van der Waals surface area (Å²) in [4.78, 5) is 2.50. The summed E-state index contributed by atoms with van der Waals surface area (Å²) in [7, 11) is 3.33. The lowest BCUT2D eigenvalue weighted by Gasteiger charge is -2.23. The monoisotopic (exact) mass is 264 g/mol. The predicted octanol–water partition coefficient (Wildman–Crippen LogP) is 1.67. The minimum absolute atomic E-state index is 0.570. The summed E-state index contributed by atoms with van der Waals surface area (Å²) >= 11 is 0. The van der Waals surface area contributed by atoms with E-state index < -0.39 is 0 Å². The fourth-order valence-corrected chi connectivity index (χ4v) is 2.77. The van der Waals surface area contributed by atoms with Gasteiger partial charge in [0.2, 0.25) is 0 Å². The normalized spacial score (nSPS) is 19.6. The van der Waals surface area contributed by atoms with Gasteiger partial charge < -0.3 is 15.2 Å². The molecule has 0 saturated carbocycles. The first-order valence-corrected chi connectivity index (χ1v) is 6.93. The van der Waals surface area contributed by atoms with Gasteiger partial charge in [0.05, 0.1) is 14.2 Å². The highest BCUT2D eigenvalue weighted by Gasteiger charge is 2.22. The highest BCUT2D eigenvalue weighted by atomic mass is 16.5. The molecule has 1 aromatic rings. The van der Waals surface area contributed by atoms with Crippen LogP contribution >= 0.6 is 0 Å². The standard InChI is InChI=1S/C15H24N2O2/c1-18-14-6-5-12(10-15(14)19-2)7-9-17-8-3-4-13(17)11-16/h5-6,10,13H,3-4,7-9,11,16H2,1-2H3. The van der Waals surface area contributed by atoms with Crippen molar-refractivity contribution < 1.29 is 9.47 Å². The van der Waals surface area contributed by atoms with Crippen LogP contribution in [0.15, 0.2) is 18.2 Å². The zero-order valence-corrected chi connectivity index (χ0v) is 11.9. The van der Waals surface area contributed by atoms with Crippen molar-refractivity contribution in [1.82, 2.24) is 4.90 Å². The molecule has 4 heteroatoms.